The zero-order valence-corrected chi connectivity index (χ0v) is 19.0. The topological polar surface area (TPSA) is 69.6 Å². The minimum absolute atomic E-state index is 0.160. The smallest absolute Gasteiger partial charge is 0.405 e. The number of ketones is 1. The molecule has 1 rings (SSSR count). The Bertz CT molecular complexity index is 648. The summed E-state index contributed by atoms with van der Waals surface area (Å²) in [6.07, 6.45) is -1.57. The summed E-state index contributed by atoms with van der Waals surface area (Å²) in [6.45, 7) is 15.8. The molecule has 29 heavy (non-hydrogen) atoms. The third kappa shape index (κ3) is 10.6. The van der Waals surface area contributed by atoms with Crippen LogP contribution in [0.15, 0.2) is 18.2 Å². The van der Waals surface area contributed by atoms with Crippen LogP contribution in [0.2, 0.25) is 0 Å². The zero-order chi connectivity index (χ0) is 22.9. The number of rotatable bonds is 7. The minimum Gasteiger partial charge on any atom is -0.465 e. The van der Waals surface area contributed by atoms with Crippen molar-refractivity contribution in [1.29, 1.82) is 0 Å². The van der Waals surface area contributed by atoms with Crippen LogP contribution in [-0.4, -0.2) is 51.4 Å². The number of Topliss-reactive ketones (excluding diaryl/α,β-unsaturated/α-hetero) is 1. The minimum atomic E-state index is -1.41. The Hall–Kier alpha value is -1.73. The lowest BCUT2D eigenvalue weighted by atomic mass is 10.0. The molecule has 0 aliphatic carbocycles. The molecule has 8 heteroatoms. The number of carboxylic acid groups (broad SMARTS) is 1. The summed E-state index contributed by atoms with van der Waals surface area (Å²) in [6, 6.07) is 2.89. The summed E-state index contributed by atoms with van der Waals surface area (Å²) in [4.78, 5) is 24.4. The first-order valence-corrected chi connectivity index (χ1v) is 10.0. The fourth-order valence-corrected chi connectivity index (χ4v) is 3.78. The summed E-state index contributed by atoms with van der Waals surface area (Å²) in [5.74, 6) is -2.54. The van der Waals surface area contributed by atoms with E-state index >= 15 is 0 Å². The molecule has 0 spiro atoms. The van der Waals surface area contributed by atoms with Crippen molar-refractivity contribution in [3.05, 3.63) is 35.4 Å². The van der Waals surface area contributed by atoms with Crippen molar-refractivity contribution in [1.82, 2.24) is 10.2 Å². The Morgan fingerprint density at radius 3 is 1.79 bits per heavy atom. The lowest BCUT2D eigenvalue weighted by Gasteiger charge is -2.42. The van der Waals surface area contributed by atoms with Crippen LogP contribution in [0.1, 0.15) is 54.0 Å². The molecule has 0 aromatic heterocycles. The third-order valence-electron chi connectivity index (χ3n) is 4.07. The number of amides is 1. The van der Waals surface area contributed by atoms with E-state index in [4.69, 9.17) is 16.7 Å². The van der Waals surface area contributed by atoms with Crippen molar-refractivity contribution in [2.24, 2.45) is 0 Å². The van der Waals surface area contributed by atoms with Crippen molar-refractivity contribution < 1.29 is 23.5 Å². The fourth-order valence-electron chi connectivity index (χ4n) is 3.60. The second kappa shape index (κ2) is 12.1. The molecule has 0 aliphatic rings. The molecule has 166 valence electrons. The average molecular weight is 435 g/mol. The maximum Gasteiger partial charge on any atom is 0.405 e. The molecule has 0 fully saturated rings. The lowest BCUT2D eigenvalue weighted by Crippen LogP contribution is -2.49. The zero-order valence-electron chi connectivity index (χ0n) is 18.2. The van der Waals surface area contributed by atoms with E-state index in [9.17, 15) is 18.4 Å². The molecule has 1 aromatic rings. The highest BCUT2D eigenvalue weighted by Gasteiger charge is 2.25. The Kier molecular flexibility index (Phi) is 11.4. The molecule has 0 saturated heterocycles. The van der Waals surface area contributed by atoms with Crippen LogP contribution >= 0.6 is 11.6 Å². The third-order valence-corrected chi connectivity index (χ3v) is 4.33. The van der Waals surface area contributed by atoms with Gasteiger partial charge in [-0.3, -0.25) is 9.69 Å². The Labute approximate surface area is 177 Å². The van der Waals surface area contributed by atoms with E-state index in [1.54, 1.807) is 0 Å². The molecule has 0 bridgehead atoms. The van der Waals surface area contributed by atoms with Crippen molar-refractivity contribution in [2.75, 3.05) is 5.88 Å². The monoisotopic (exact) mass is 434 g/mol. The fraction of sp³-hybridized carbons (Fsp3) is 0.619. The highest BCUT2D eigenvalue weighted by atomic mass is 35.5. The summed E-state index contributed by atoms with van der Waals surface area (Å²) < 4.78 is 25.9. The highest BCUT2D eigenvalue weighted by Crippen LogP contribution is 2.19. The van der Waals surface area contributed by atoms with Crippen LogP contribution in [0, 0.1) is 11.6 Å². The average Bonchev–Trinajstić information content (AvgIpc) is 2.50. The second-order valence-electron chi connectivity index (χ2n) is 8.35. The Morgan fingerprint density at radius 2 is 1.52 bits per heavy atom. The largest absolute Gasteiger partial charge is 0.465 e. The van der Waals surface area contributed by atoms with Crippen LogP contribution in [0.5, 0.6) is 0 Å². The second-order valence-corrected chi connectivity index (χ2v) is 8.62. The van der Waals surface area contributed by atoms with Gasteiger partial charge in [-0.25, -0.2) is 13.6 Å². The van der Waals surface area contributed by atoms with Gasteiger partial charge in [-0.1, -0.05) is 0 Å². The number of halogens is 3. The Balaban J connectivity index is 0.000000614. The van der Waals surface area contributed by atoms with Crippen LogP contribution in [0.4, 0.5) is 13.6 Å². The number of benzene rings is 1. The van der Waals surface area contributed by atoms with E-state index in [0.717, 1.165) is 12.1 Å². The number of carbonyl (C=O) groups is 2. The van der Waals surface area contributed by atoms with Gasteiger partial charge in [0.15, 0.2) is 5.78 Å². The van der Waals surface area contributed by atoms with E-state index < -0.39 is 29.6 Å². The Morgan fingerprint density at radius 1 is 1.07 bits per heavy atom. The molecule has 0 saturated carbocycles. The molecular weight excluding hydrogens is 402 g/mol. The molecular formula is C21H33ClF2N2O3. The van der Waals surface area contributed by atoms with Crippen LogP contribution in [0.3, 0.4) is 0 Å². The molecule has 1 atom stereocenters. The van der Waals surface area contributed by atoms with Gasteiger partial charge < -0.3 is 10.4 Å². The maximum atomic E-state index is 12.9. The summed E-state index contributed by atoms with van der Waals surface area (Å²) >= 11 is 5.33. The number of alkyl halides is 1. The molecule has 5 nitrogen and oxygen atoms in total. The van der Waals surface area contributed by atoms with E-state index in [1.807, 2.05) is 5.32 Å². The molecule has 0 aliphatic heterocycles. The van der Waals surface area contributed by atoms with Gasteiger partial charge in [0.2, 0.25) is 0 Å². The van der Waals surface area contributed by atoms with E-state index in [1.165, 1.54) is 0 Å². The first-order valence-electron chi connectivity index (χ1n) is 9.50. The summed E-state index contributed by atoms with van der Waals surface area (Å²) in [5, 5.41) is 10.5. The standard InChI is InChI=1S/C11H10ClF2NO3.C10H23N/c12-5-10(16)9(15-11(17)18)3-6-1-7(13)4-8(14)2-6;1-8(2)11(9(3)4)10(5,6)7/h1-2,4,9,15H,3,5H2,(H,17,18);8-9H,1-7H3/t9-;/m0./s1. The van der Waals surface area contributed by atoms with Gasteiger partial charge in [0.25, 0.3) is 0 Å². The number of carbonyl (C=O) groups excluding carboxylic acids is 1. The van der Waals surface area contributed by atoms with Gasteiger partial charge in [-0.05, 0) is 66.2 Å². The number of hydrogen-bond donors (Lipinski definition) is 2. The predicted octanol–water partition coefficient (Wildman–Crippen LogP) is 4.86. The van der Waals surface area contributed by atoms with Crippen LogP contribution < -0.4 is 5.32 Å². The summed E-state index contributed by atoms with van der Waals surface area (Å²) in [5.41, 5.74) is 0.465. The first-order chi connectivity index (χ1) is 13.2. The van der Waals surface area contributed by atoms with Crippen LogP contribution in [0.25, 0.3) is 0 Å². The molecule has 1 aromatic carbocycles. The SMILES string of the molecule is CC(C)N(C(C)C)C(C)(C)C.O=C(O)N[C@@H](Cc1cc(F)cc(F)c1)C(=O)CCl. The predicted molar refractivity (Wildman–Crippen MR) is 113 cm³/mol. The molecule has 0 radical (unpaired) electrons. The molecule has 0 heterocycles. The van der Waals surface area contributed by atoms with Gasteiger partial charge in [0.1, 0.15) is 11.6 Å². The van der Waals surface area contributed by atoms with Crippen molar-refractivity contribution in [3.8, 4) is 0 Å². The van der Waals surface area contributed by atoms with Gasteiger partial charge in [-0.2, -0.15) is 0 Å². The number of nitrogens with one attached hydrogen (secondary N) is 1. The normalized spacial score (nSPS) is 12.6. The van der Waals surface area contributed by atoms with E-state index in [2.05, 4.69) is 53.4 Å². The molecule has 1 amide bonds. The van der Waals surface area contributed by atoms with Crippen LogP contribution in [-0.2, 0) is 11.2 Å². The van der Waals surface area contributed by atoms with Gasteiger partial charge in [0.05, 0.1) is 11.9 Å². The number of nitrogens with zero attached hydrogens (tertiary/aromatic N) is 1. The molecule has 0 unspecified atom stereocenters. The van der Waals surface area contributed by atoms with Gasteiger partial charge in [-0.15, -0.1) is 11.6 Å². The van der Waals surface area contributed by atoms with E-state index in [0.29, 0.717) is 23.7 Å². The maximum absolute atomic E-state index is 12.9. The van der Waals surface area contributed by atoms with Gasteiger partial charge >= 0.3 is 6.09 Å². The summed E-state index contributed by atoms with van der Waals surface area (Å²) in [7, 11) is 0. The van der Waals surface area contributed by atoms with E-state index in [-0.39, 0.29) is 17.9 Å². The van der Waals surface area contributed by atoms with Gasteiger partial charge in [0, 0.05) is 30.1 Å². The number of hydrogen-bond acceptors (Lipinski definition) is 3. The molecule has 2 N–H and O–H groups in total. The lowest BCUT2D eigenvalue weighted by molar-refractivity contribution is -0.118. The highest BCUT2D eigenvalue weighted by molar-refractivity contribution is 6.28. The first kappa shape index (κ1) is 27.3. The van der Waals surface area contributed by atoms with Crippen molar-refractivity contribution in [3.63, 3.8) is 0 Å². The van der Waals surface area contributed by atoms with Crippen molar-refractivity contribution >= 4 is 23.5 Å². The van der Waals surface area contributed by atoms with Crippen molar-refractivity contribution in [2.45, 2.75) is 78.6 Å². The quantitative estimate of drug-likeness (QED) is 0.601.